The standard InChI is InChI=1S/C21H25FN2O4/c1-6-24(20(26)15-8-10-16(22)11-9-15)14(5)19(25)17-12(3)18(23-13(17)4)21(27)28-7-2/h8-11,14,23H,6-7H2,1-5H3/t14-/m0/s1. The smallest absolute Gasteiger partial charge is 0.355 e. The van der Waals surface area contributed by atoms with Crippen LogP contribution in [0.4, 0.5) is 4.39 Å². The number of benzene rings is 1. The Kier molecular flexibility index (Phi) is 6.72. The molecule has 7 heteroatoms. The maximum Gasteiger partial charge on any atom is 0.355 e. The minimum atomic E-state index is -0.759. The van der Waals surface area contributed by atoms with Gasteiger partial charge in [-0.05, 0) is 64.4 Å². The van der Waals surface area contributed by atoms with Crippen molar-refractivity contribution in [3.05, 3.63) is 58.2 Å². The fourth-order valence-corrected chi connectivity index (χ4v) is 3.23. The van der Waals surface area contributed by atoms with Crippen molar-refractivity contribution in [2.24, 2.45) is 0 Å². The van der Waals surface area contributed by atoms with Gasteiger partial charge in [0.25, 0.3) is 5.91 Å². The minimum Gasteiger partial charge on any atom is -0.461 e. The van der Waals surface area contributed by atoms with Crippen LogP contribution in [-0.4, -0.2) is 46.7 Å². The summed E-state index contributed by atoms with van der Waals surface area (Å²) in [6.45, 7) is 9.02. The van der Waals surface area contributed by atoms with Gasteiger partial charge in [0, 0.05) is 23.4 Å². The summed E-state index contributed by atoms with van der Waals surface area (Å²) in [5.41, 5.74) is 1.96. The molecule has 0 bridgehead atoms. The molecule has 0 aliphatic heterocycles. The number of Topliss-reactive ketones (excluding diaryl/α,β-unsaturated/α-hetero) is 1. The number of amides is 1. The predicted octanol–water partition coefficient (Wildman–Crippen LogP) is 3.68. The summed E-state index contributed by atoms with van der Waals surface area (Å²) >= 11 is 0. The molecule has 0 radical (unpaired) electrons. The number of nitrogens with zero attached hydrogens (tertiary/aromatic N) is 1. The maximum atomic E-state index is 13.1. The summed E-state index contributed by atoms with van der Waals surface area (Å²) in [7, 11) is 0. The molecule has 0 spiro atoms. The van der Waals surface area contributed by atoms with E-state index in [2.05, 4.69) is 4.98 Å². The van der Waals surface area contributed by atoms with Crippen molar-refractivity contribution in [2.45, 2.75) is 40.7 Å². The number of esters is 1. The number of aromatic nitrogens is 1. The third kappa shape index (κ3) is 4.13. The Morgan fingerprint density at radius 1 is 1.14 bits per heavy atom. The number of H-pyrrole nitrogens is 1. The SMILES string of the molecule is CCOC(=O)c1[nH]c(C)c(C(=O)[C@H](C)N(CC)C(=O)c2ccc(F)cc2)c1C. The molecule has 0 saturated heterocycles. The summed E-state index contributed by atoms with van der Waals surface area (Å²) in [4.78, 5) is 42.4. The second-order valence-electron chi connectivity index (χ2n) is 6.48. The van der Waals surface area contributed by atoms with Crippen LogP contribution in [0.15, 0.2) is 24.3 Å². The van der Waals surface area contributed by atoms with Gasteiger partial charge in [-0.2, -0.15) is 0 Å². The van der Waals surface area contributed by atoms with E-state index in [4.69, 9.17) is 4.74 Å². The number of likely N-dealkylation sites (N-methyl/N-ethyl adjacent to an activating group) is 1. The van der Waals surface area contributed by atoms with Crippen LogP contribution in [0.25, 0.3) is 0 Å². The Hall–Kier alpha value is -2.96. The number of aromatic amines is 1. The molecule has 28 heavy (non-hydrogen) atoms. The molecule has 0 unspecified atom stereocenters. The summed E-state index contributed by atoms with van der Waals surface area (Å²) in [6, 6.07) is 4.44. The summed E-state index contributed by atoms with van der Waals surface area (Å²) in [5.74, 6) is -1.60. The van der Waals surface area contributed by atoms with Gasteiger partial charge in [0.05, 0.1) is 12.6 Å². The van der Waals surface area contributed by atoms with Gasteiger partial charge in [-0.3, -0.25) is 9.59 Å². The lowest BCUT2D eigenvalue weighted by Crippen LogP contribution is -2.43. The Balaban J connectivity index is 2.33. The zero-order valence-electron chi connectivity index (χ0n) is 16.8. The van der Waals surface area contributed by atoms with Gasteiger partial charge in [-0.1, -0.05) is 0 Å². The van der Waals surface area contributed by atoms with Gasteiger partial charge in [-0.25, -0.2) is 9.18 Å². The molecular weight excluding hydrogens is 363 g/mol. The number of nitrogens with one attached hydrogen (secondary N) is 1. The molecule has 1 N–H and O–H groups in total. The van der Waals surface area contributed by atoms with Gasteiger partial charge >= 0.3 is 5.97 Å². The number of halogens is 1. The molecule has 0 fully saturated rings. The normalized spacial score (nSPS) is 11.8. The van der Waals surface area contributed by atoms with Gasteiger partial charge < -0.3 is 14.6 Å². The third-order valence-corrected chi connectivity index (χ3v) is 4.70. The summed E-state index contributed by atoms with van der Waals surface area (Å²) in [6.07, 6.45) is 0. The molecule has 0 aliphatic carbocycles. The second kappa shape index (κ2) is 8.82. The van der Waals surface area contributed by atoms with Crippen molar-refractivity contribution in [1.29, 1.82) is 0 Å². The second-order valence-corrected chi connectivity index (χ2v) is 6.48. The Labute approximate surface area is 163 Å². The molecule has 1 aromatic carbocycles. The van der Waals surface area contributed by atoms with Gasteiger partial charge in [0.15, 0.2) is 5.78 Å². The molecule has 150 valence electrons. The molecule has 1 aromatic heterocycles. The molecule has 1 heterocycles. The molecule has 0 aliphatic rings. The van der Waals surface area contributed by atoms with Crippen LogP contribution in [0.2, 0.25) is 0 Å². The van der Waals surface area contributed by atoms with Crippen LogP contribution in [0.3, 0.4) is 0 Å². The quantitative estimate of drug-likeness (QED) is 0.580. The van der Waals surface area contributed by atoms with Crippen molar-refractivity contribution in [1.82, 2.24) is 9.88 Å². The minimum absolute atomic E-state index is 0.228. The maximum absolute atomic E-state index is 13.1. The van der Waals surface area contributed by atoms with Crippen LogP contribution in [0, 0.1) is 19.7 Å². The number of ketones is 1. The van der Waals surface area contributed by atoms with E-state index >= 15 is 0 Å². The van der Waals surface area contributed by atoms with Crippen molar-refractivity contribution < 1.29 is 23.5 Å². The Morgan fingerprint density at radius 3 is 2.29 bits per heavy atom. The summed E-state index contributed by atoms with van der Waals surface area (Å²) in [5, 5.41) is 0. The average Bonchev–Trinajstić information content (AvgIpc) is 2.96. The highest BCUT2D eigenvalue weighted by molar-refractivity contribution is 6.07. The van der Waals surface area contributed by atoms with E-state index in [0.717, 1.165) is 0 Å². The van der Waals surface area contributed by atoms with E-state index in [0.29, 0.717) is 28.9 Å². The van der Waals surface area contributed by atoms with E-state index in [1.54, 1.807) is 34.6 Å². The van der Waals surface area contributed by atoms with E-state index in [1.807, 2.05) is 0 Å². The molecule has 6 nitrogen and oxygen atoms in total. The number of ether oxygens (including phenoxy) is 1. The number of aryl methyl sites for hydroxylation is 1. The Morgan fingerprint density at radius 2 is 1.75 bits per heavy atom. The highest BCUT2D eigenvalue weighted by Gasteiger charge is 2.31. The first kappa shape index (κ1) is 21.3. The topological polar surface area (TPSA) is 79.5 Å². The average molecular weight is 388 g/mol. The van der Waals surface area contributed by atoms with Crippen LogP contribution in [0.1, 0.15) is 63.2 Å². The fraction of sp³-hybridized carbons (Fsp3) is 0.381. The van der Waals surface area contributed by atoms with E-state index in [1.165, 1.54) is 29.2 Å². The van der Waals surface area contributed by atoms with Crippen LogP contribution in [-0.2, 0) is 4.74 Å². The Bertz CT molecular complexity index is 887. The predicted molar refractivity (Wildman–Crippen MR) is 103 cm³/mol. The van der Waals surface area contributed by atoms with Crippen molar-refractivity contribution in [3.8, 4) is 0 Å². The first-order valence-corrected chi connectivity index (χ1v) is 9.19. The van der Waals surface area contributed by atoms with Crippen LogP contribution >= 0.6 is 0 Å². The first-order chi connectivity index (χ1) is 13.2. The molecular formula is C21H25FN2O4. The largest absolute Gasteiger partial charge is 0.461 e. The van der Waals surface area contributed by atoms with Gasteiger partial charge in [-0.15, -0.1) is 0 Å². The summed E-state index contributed by atoms with van der Waals surface area (Å²) < 4.78 is 18.1. The van der Waals surface area contributed by atoms with Crippen molar-refractivity contribution >= 4 is 17.7 Å². The lowest BCUT2D eigenvalue weighted by atomic mass is 9.99. The molecule has 2 rings (SSSR count). The molecule has 1 amide bonds. The zero-order valence-corrected chi connectivity index (χ0v) is 16.8. The van der Waals surface area contributed by atoms with Crippen LogP contribution < -0.4 is 0 Å². The molecule has 1 atom stereocenters. The first-order valence-electron chi connectivity index (χ1n) is 9.19. The number of hydrogen-bond donors (Lipinski definition) is 1. The lowest BCUT2D eigenvalue weighted by Gasteiger charge is -2.27. The third-order valence-electron chi connectivity index (χ3n) is 4.70. The van der Waals surface area contributed by atoms with Gasteiger partial charge in [0.2, 0.25) is 0 Å². The number of carbonyl (C=O) groups is 3. The lowest BCUT2D eigenvalue weighted by molar-refractivity contribution is 0.0519. The van der Waals surface area contributed by atoms with E-state index < -0.39 is 17.8 Å². The number of rotatable bonds is 7. The fourth-order valence-electron chi connectivity index (χ4n) is 3.23. The van der Waals surface area contributed by atoms with Crippen molar-refractivity contribution in [2.75, 3.05) is 13.2 Å². The highest BCUT2D eigenvalue weighted by atomic mass is 19.1. The zero-order chi connectivity index (χ0) is 21.0. The molecule has 2 aromatic rings. The van der Waals surface area contributed by atoms with E-state index in [9.17, 15) is 18.8 Å². The number of carbonyl (C=O) groups excluding carboxylic acids is 3. The monoisotopic (exact) mass is 388 g/mol. The van der Waals surface area contributed by atoms with Crippen LogP contribution in [0.5, 0.6) is 0 Å². The number of hydrogen-bond acceptors (Lipinski definition) is 4. The van der Waals surface area contributed by atoms with Crippen molar-refractivity contribution in [3.63, 3.8) is 0 Å². The van der Waals surface area contributed by atoms with Gasteiger partial charge in [0.1, 0.15) is 11.5 Å². The molecule has 0 saturated carbocycles. The van der Waals surface area contributed by atoms with E-state index in [-0.39, 0.29) is 24.0 Å². The highest BCUT2D eigenvalue weighted by Crippen LogP contribution is 2.23.